The van der Waals surface area contributed by atoms with E-state index in [4.69, 9.17) is 10.8 Å². The molecule has 0 fully saturated rings. The lowest BCUT2D eigenvalue weighted by Gasteiger charge is -2.07. The minimum atomic E-state index is -0.875. The molecule has 98 valence electrons. The third-order valence-electron chi connectivity index (χ3n) is 2.51. The zero-order valence-electron chi connectivity index (χ0n) is 9.97. The number of nitrogens with two attached hydrogens (primary N) is 1. The highest BCUT2D eigenvalue weighted by molar-refractivity contribution is 9.10. The topological polar surface area (TPSA) is 63.3 Å². The molecule has 0 heterocycles. The van der Waals surface area contributed by atoms with Crippen molar-refractivity contribution in [3.05, 3.63) is 52.5 Å². The fourth-order valence-electron chi connectivity index (χ4n) is 1.60. The van der Waals surface area contributed by atoms with Crippen molar-refractivity contribution in [1.29, 1.82) is 0 Å². The van der Waals surface area contributed by atoms with E-state index in [0.29, 0.717) is 11.3 Å². The molecule has 0 aliphatic carbocycles. The first-order chi connectivity index (χ1) is 9.04. The maximum Gasteiger partial charge on any atom is 0.307 e. The second kappa shape index (κ2) is 6.12. The van der Waals surface area contributed by atoms with E-state index in [-0.39, 0.29) is 6.42 Å². The molecule has 0 radical (unpaired) electrons. The van der Waals surface area contributed by atoms with Crippen molar-refractivity contribution in [3.63, 3.8) is 0 Å². The zero-order valence-corrected chi connectivity index (χ0v) is 12.4. The van der Waals surface area contributed by atoms with Crippen molar-refractivity contribution < 1.29 is 9.90 Å². The molecule has 0 atom stereocenters. The third kappa shape index (κ3) is 4.01. The van der Waals surface area contributed by atoms with Gasteiger partial charge in [0.1, 0.15) is 0 Å². The van der Waals surface area contributed by atoms with Crippen LogP contribution in [0.25, 0.3) is 0 Å². The predicted molar refractivity (Wildman–Crippen MR) is 80.5 cm³/mol. The van der Waals surface area contributed by atoms with Crippen molar-refractivity contribution in [2.24, 2.45) is 0 Å². The van der Waals surface area contributed by atoms with Gasteiger partial charge in [-0.05, 0) is 42.0 Å². The Morgan fingerprint density at radius 3 is 2.37 bits per heavy atom. The second-order valence-corrected chi connectivity index (χ2v) is 6.05. The minimum Gasteiger partial charge on any atom is -0.481 e. The lowest BCUT2D eigenvalue weighted by Crippen LogP contribution is -2.03. The van der Waals surface area contributed by atoms with Crippen molar-refractivity contribution in [1.82, 2.24) is 0 Å². The first-order valence-corrected chi connectivity index (χ1v) is 7.19. The van der Waals surface area contributed by atoms with E-state index in [0.717, 1.165) is 14.3 Å². The van der Waals surface area contributed by atoms with E-state index < -0.39 is 5.97 Å². The van der Waals surface area contributed by atoms with Gasteiger partial charge in [0, 0.05) is 20.0 Å². The number of nitrogen functional groups attached to an aromatic ring is 1. The zero-order chi connectivity index (χ0) is 13.8. The Bertz CT molecular complexity index is 599. The van der Waals surface area contributed by atoms with E-state index in [1.54, 1.807) is 17.8 Å². The van der Waals surface area contributed by atoms with Crippen LogP contribution in [-0.2, 0) is 11.2 Å². The van der Waals surface area contributed by atoms with Crippen molar-refractivity contribution in [3.8, 4) is 0 Å². The van der Waals surface area contributed by atoms with Gasteiger partial charge in [0.2, 0.25) is 0 Å². The summed E-state index contributed by atoms with van der Waals surface area (Å²) >= 11 is 4.98. The van der Waals surface area contributed by atoms with Crippen molar-refractivity contribution in [2.75, 3.05) is 5.73 Å². The maximum absolute atomic E-state index is 10.7. The van der Waals surface area contributed by atoms with Crippen LogP contribution in [-0.4, -0.2) is 11.1 Å². The standard InChI is InChI=1S/C14H12BrNO2S/c15-10-2-5-11(6-3-10)19-12-4-1-9(7-14(17)18)13(16)8-12/h1-6,8H,7,16H2,(H,17,18). The summed E-state index contributed by atoms with van der Waals surface area (Å²) in [5, 5.41) is 8.76. The second-order valence-electron chi connectivity index (χ2n) is 3.99. The molecule has 19 heavy (non-hydrogen) atoms. The van der Waals surface area contributed by atoms with Crippen LogP contribution >= 0.6 is 27.7 Å². The molecule has 2 rings (SSSR count). The van der Waals surface area contributed by atoms with Crippen LogP contribution in [0.3, 0.4) is 0 Å². The average molecular weight is 338 g/mol. The van der Waals surface area contributed by atoms with Crippen LogP contribution in [0.2, 0.25) is 0 Å². The van der Waals surface area contributed by atoms with Gasteiger partial charge >= 0.3 is 5.97 Å². The minimum absolute atomic E-state index is 0.0466. The Hall–Kier alpha value is -1.46. The number of halogens is 1. The molecule has 0 aliphatic rings. The molecule has 0 unspecified atom stereocenters. The third-order valence-corrected chi connectivity index (χ3v) is 4.03. The summed E-state index contributed by atoms with van der Waals surface area (Å²) in [6, 6.07) is 13.4. The Balaban J connectivity index is 2.15. The lowest BCUT2D eigenvalue weighted by molar-refractivity contribution is -0.136. The Morgan fingerprint density at radius 1 is 1.16 bits per heavy atom. The Morgan fingerprint density at radius 2 is 1.79 bits per heavy atom. The number of aliphatic carboxylic acids is 1. The largest absolute Gasteiger partial charge is 0.481 e. The molecule has 0 aromatic heterocycles. The van der Waals surface area contributed by atoms with Crippen LogP contribution in [0.5, 0.6) is 0 Å². The van der Waals surface area contributed by atoms with E-state index in [2.05, 4.69) is 15.9 Å². The molecule has 2 aromatic carbocycles. The van der Waals surface area contributed by atoms with E-state index in [1.807, 2.05) is 36.4 Å². The van der Waals surface area contributed by atoms with Crippen LogP contribution in [0.1, 0.15) is 5.56 Å². The Kier molecular flexibility index (Phi) is 4.50. The van der Waals surface area contributed by atoms with Crippen LogP contribution in [0, 0.1) is 0 Å². The summed E-state index contributed by atoms with van der Waals surface area (Å²) in [7, 11) is 0. The molecule has 0 saturated carbocycles. The number of benzene rings is 2. The smallest absolute Gasteiger partial charge is 0.307 e. The number of carbonyl (C=O) groups is 1. The summed E-state index contributed by atoms with van der Waals surface area (Å²) in [5.74, 6) is -0.875. The van der Waals surface area contributed by atoms with E-state index >= 15 is 0 Å². The lowest BCUT2D eigenvalue weighted by atomic mass is 10.1. The van der Waals surface area contributed by atoms with Gasteiger partial charge in [0.25, 0.3) is 0 Å². The number of rotatable bonds is 4. The van der Waals surface area contributed by atoms with E-state index in [1.165, 1.54) is 0 Å². The average Bonchev–Trinajstić information content (AvgIpc) is 2.35. The first kappa shape index (κ1) is 14.0. The highest BCUT2D eigenvalue weighted by Crippen LogP contribution is 2.30. The first-order valence-electron chi connectivity index (χ1n) is 5.58. The summed E-state index contributed by atoms with van der Waals surface area (Å²) in [5.41, 5.74) is 7.03. The molecule has 0 saturated heterocycles. The molecular weight excluding hydrogens is 326 g/mol. The maximum atomic E-state index is 10.7. The normalized spacial score (nSPS) is 10.4. The summed E-state index contributed by atoms with van der Waals surface area (Å²) in [4.78, 5) is 12.8. The van der Waals surface area contributed by atoms with Crippen LogP contribution in [0.4, 0.5) is 5.69 Å². The molecule has 0 amide bonds. The van der Waals surface area contributed by atoms with Gasteiger partial charge < -0.3 is 10.8 Å². The molecular formula is C14H12BrNO2S. The van der Waals surface area contributed by atoms with Crippen molar-refractivity contribution in [2.45, 2.75) is 16.2 Å². The van der Waals surface area contributed by atoms with Crippen LogP contribution < -0.4 is 5.73 Å². The predicted octanol–water partition coefficient (Wildman–Crippen LogP) is 3.81. The van der Waals surface area contributed by atoms with E-state index in [9.17, 15) is 4.79 Å². The SMILES string of the molecule is Nc1cc(Sc2ccc(Br)cc2)ccc1CC(=O)O. The van der Waals surface area contributed by atoms with Gasteiger partial charge in [-0.2, -0.15) is 0 Å². The molecule has 2 aromatic rings. The van der Waals surface area contributed by atoms with Gasteiger partial charge in [-0.25, -0.2) is 0 Å². The number of carboxylic acids is 1. The fraction of sp³-hybridized carbons (Fsp3) is 0.0714. The molecule has 5 heteroatoms. The fourth-order valence-corrected chi connectivity index (χ4v) is 2.73. The number of hydrogen-bond donors (Lipinski definition) is 2. The molecule has 3 N–H and O–H groups in total. The number of anilines is 1. The van der Waals surface area contributed by atoms with Crippen molar-refractivity contribution >= 4 is 39.3 Å². The van der Waals surface area contributed by atoms with Gasteiger partial charge in [0.05, 0.1) is 6.42 Å². The molecule has 0 spiro atoms. The number of carboxylic acid groups (broad SMARTS) is 1. The van der Waals surface area contributed by atoms with Gasteiger partial charge in [-0.15, -0.1) is 0 Å². The molecule has 0 bridgehead atoms. The molecule has 0 aliphatic heterocycles. The highest BCUT2D eigenvalue weighted by atomic mass is 79.9. The molecule has 3 nitrogen and oxygen atoms in total. The highest BCUT2D eigenvalue weighted by Gasteiger charge is 2.06. The summed E-state index contributed by atoms with van der Waals surface area (Å²) in [6.07, 6.45) is -0.0466. The van der Waals surface area contributed by atoms with Crippen LogP contribution in [0.15, 0.2) is 56.7 Å². The summed E-state index contributed by atoms with van der Waals surface area (Å²) < 4.78 is 1.04. The quantitative estimate of drug-likeness (QED) is 0.832. The summed E-state index contributed by atoms with van der Waals surface area (Å²) in [6.45, 7) is 0. The van der Waals surface area contributed by atoms with Gasteiger partial charge in [-0.1, -0.05) is 33.8 Å². The van der Waals surface area contributed by atoms with Gasteiger partial charge in [0.15, 0.2) is 0 Å². The number of hydrogen-bond acceptors (Lipinski definition) is 3. The Labute approximate surface area is 124 Å². The van der Waals surface area contributed by atoms with Gasteiger partial charge in [-0.3, -0.25) is 4.79 Å². The monoisotopic (exact) mass is 337 g/mol.